The Morgan fingerprint density at radius 3 is 2.05 bits per heavy atom. The fourth-order valence-corrected chi connectivity index (χ4v) is 11.2. The molecular formula is C48H49N2O4S+. The standard InChI is InChI=1S/C48H49N2O4S/c1-47(2)42(49(29-31-51)40-25-21-33-13-8-10-19-38(33)44(40)47)27-23-35-15-12-16-36(46(35)55(53,54)37-17-6-5-7-18-37)24-28-43-48(3,4)45-39-20-11-9-14-34(39)22-26-41(45)50(43)30-32-52/h5-11,13-14,17-28,51-52H,12,15-16,29-32H2,1-4H3/q+1. The predicted octanol–water partition coefficient (Wildman–Crippen LogP) is 9.43. The van der Waals surface area contributed by atoms with Gasteiger partial charge in [-0.2, -0.15) is 4.58 Å². The molecule has 280 valence electrons. The lowest BCUT2D eigenvalue weighted by atomic mass is 9.78. The molecule has 5 aromatic rings. The van der Waals surface area contributed by atoms with Crippen molar-refractivity contribution in [2.24, 2.45) is 0 Å². The van der Waals surface area contributed by atoms with E-state index in [1.165, 1.54) is 21.9 Å². The number of nitrogens with zero attached hydrogens (tertiary/aromatic N) is 2. The Morgan fingerprint density at radius 1 is 0.709 bits per heavy atom. The van der Waals surface area contributed by atoms with E-state index < -0.39 is 20.7 Å². The third-order valence-electron chi connectivity index (χ3n) is 11.8. The maximum atomic E-state index is 14.8. The summed E-state index contributed by atoms with van der Waals surface area (Å²) in [4.78, 5) is 2.82. The zero-order valence-electron chi connectivity index (χ0n) is 32.1. The van der Waals surface area contributed by atoms with Crippen LogP contribution in [0.25, 0.3) is 21.5 Å². The van der Waals surface area contributed by atoms with Crippen molar-refractivity contribution < 1.29 is 23.2 Å². The molecule has 0 radical (unpaired) electrons. The van der Waals surface area contributed by atoms with Crippen molar-refractivity contribution in [1.82, 2.24) is 0 Å². The molecule has 0 saturated carbocycles. The van der Waals surface area contributed by atoms with Crippen LogP contribution in [0.15, 0.2) is 154 Å². The molecule has 2 N–H and O–H groups in total. The highest BCUT2D eigenvalue weighted by atomic mass is 32.2. The summed E-state index contributed by atoms with van der Waals surface area (Å²) in [5.74, 6) is 0. The van der Waals surface area contributed by atoms with E-state index in [2.05, 4.69) is 122 Å². The fraction of sp³-hybridized carbons (Fsp3) is 0.271. The Balaban J connectivity index is 1.29. The van der Waals surface area contributed by atoms with Crippen LogP contribution in [0.5, 0.6) is 0 Å². The molecule has 0 spiro atoms. The number of aliphatic hydroxyl groups is 2. The topological polar surface area (TPSA) is 80.8 Å². The van der Waals surface area contributed by atoms with E-state index in [1.54, 1.807) is 24.3 Å². The summed E-state index contributed by atoms with van der Waals surface area (Å²) in [6, 6.07) is 34.1. The number of hydrogen-bond acceptors (Lipinski definition) is 5. The largest absolute Gasteiger partial charge is 0.395 e. The maximum absolute atomic E-state index is 14.8. The first kappa shape index (κ1) is 36.9. The molecule has 7 heteroatoms. The number of hydrogen-bond donors (Lipinski definition) is 2. The van der Waals surface area contributed by atoms with E-state index in [9.17, 15) is 18.6 Å². The monoisotopic (exact) mass is 749 g/mol. The third-order valence-corrected chi connectivity index (χ3v) is 13.8. The minimum atomic E-state index is -3.91. The number of β-amino-alcohol motifs (C(OH)–C–C–N with tert-alkyl or cyclic N) is 2. The zero-order chi connectivity index (χ0) is 38.5. The number of rotatable bonds is 9. The van der Waals surface area contributed by atoms with E-state index >= 15 is 0 Å². The predicted molar refractivity (Wildman–Crippen MR) is 225 cm³/mol. The lowest BCUT2D eigenvalue weighted by Gasteiger charge is -2.27. The summed E-state index contributed by atoms with van der Waals surface area (Å²) in [6.45, 7) is 9.69. The summed E-state index contributed by atoms with van der Waals surface area (Å²) < 4.78 is 31.8. The van der Waals surface area contributed by atoms with Gasteiger partial charge in [-0.05, 0) is 102 Å². The Bertz CT molecular complexity index is 2610. The van der Waals surface area contributed by atoms with Gasteiger partial charge in [0, 0.05) is 41.1 Å². The molecule has 0 atom stereocenters. The summed E-state index contributed by atoms with van der Waals surface area (Å²) in [7, 11) is -3.91. The van der Waals surface area contributed by atoms with Crippen LogP contribution in [-0.2, 0) is 20.7 Å². The summed E-state index contributed by atoms with van der Waals surface area (Å²) >= 11 is 0. The van der Waals surface area contributed by atoms with Crippen LogP contribution in [0, 0.1) is 0 Å². The highest BCUT2D eigenvalue weighted by molar-refractivity contribution is 7.95. The van der Waals surface area contributed by atoms with Gasteiger partial charge in [-0.1, -0.05) is 98.8 Å². The molecule has 1 aliphatic carbocycles. The Labute approximate surface area is 324 Å². The van der Waals surface area contributed by atoms with Gasteiger partial charge in [0.05, 0.1) is 21.8 Å². The lowest BCUT2D eigenvalue weighted by molar-refractivity contribution is -0.440. The first-order valence-electron chi connectivity index (χ1n) is 19.3. The summed E-state index contributed by atoms with van der Waals surface area (Å²) in [6.07, 6.45) is 10.3. The molecule has 0 bridgehead atoms. The van der Waals surface area contributed by atoms with Crippen LogP contribution in [0.2, 0.25) is 0 Å². The van der Waals surface area contributed by atoms with Gasteiger partial charge in [-0.15, -0.1) is 0 Å². The molecule has 2 heterocycles. The van der Waals surface area contributed by atoms with E-state index in [0.717, 1.165) is 51.1 Å². The zero-order valence-corrected chi connectivity index (χ0v) is 32.9. The van der Waals surface area contributed by atoms with Crippen LogP contribution >= 0.6 is 0 Å². The Hall–Kier alpha value is -5.08. The molecule has 2 aliphatic heterocycles. The third kappa shape index (κ3) is 6.10. The second-order valence-electron chi connectivity index (χ2n) is 15.8. The van der Waals surface area contributed by atoms with Crippen molar-refractivity contribution in [1.29, 1.82) is 0 Å². The lowest BCUT2D eigenvalue weighted by Crippen LogP contribution is -2.28. The van der Waals surface area contributed by atoms with Crippen LogP contribution < -0.4 is 4.90 Å². The van der Waals surface area contributed by atoms with Gasteiger partial charge >= 0.3 is 0 Å². The van der Waals surface area contributed by atoms with E-state index in [-0.39, 0.29) is 18.1 Å². The molecule has 6 nitrogen and oxygen atoms in total. The number of benzene rings is 5. The number of allylic oxidation sites excluding steroid dienone is 7. The van der Waals surface area contributed by atoms with Crippen molar-refractivity contribution in [3.8, 4) is 0 Å². The minimum absolute atomic E-state index is 0.0130. The Morgan fingerprint density at radius 2 is 1.36 bits per heavy atom. The van der Waals surface area contributed by atoms with E-state index in [1.807, 2.05) is 18.2 Å². The summed E-state index contributed by atoms with van der Waals surface area (Å²) in [5.41, 5.74) is 7.35. The van der Waals surface area contributed by atoms with Gasteiger partial charge in [0.1, 0.15) is 6.61 Å². The van der Waals surface area contributed by atoms with Crippen molar-refractivity contribution in [3.63, 3.8) is 0 Å². The molecule has 3 aliphatic rings. The SMILES string of the molecule is CC1(C)C(/C=C/C2=C(S(=O)(=O)c3ccccc3)C(=C/C=C3/N(CCO)c4ccc5ccccc5c4C3(C)C)/CCC2)=[N+](CCO)c2ccc3ccccc3c21. The summed E-state index contributed by atoms with van der Waals surface area (Å²) in [5, 5.41) is 25.1. The molecule has 0 fully saturated rings. The van der Waals surface area contributed by atoms with Crippen LogP contribution in [-0.4, -0.2) is 55.2 Å². The van der Waals surface area contributed by atoms with Gasteiger partial charge in [0.15, 0.2) is 12.3 Å². The molecule has 0 saturated heterocycles. The van der Waals surface area contributed by atoms with Crippen LogP contribution in [0.3, 0.4) is 0 Å². The van der Waals surface area contributed by atoms with Crippen molar-refractivity contribution in [3.05, 3.63) is 160 Å². The second-order valence-corrected chi connectivity index (χ2v) is 17.7. The minimum Gasteiger partial charge on any atom is -0.395 e. The van der Waals surface area contributed by atoms with Gasteiger partial charge in [0.2, 0.25) is 15.5 Å². The number of sulfone groups is 1. The molecule has 55 heavy (non-hydrogen) atoms. The van der Waals surface area contributed by atoms with E-state index in [0.29, 0.717) is 30.8 Å². The Kier molecular flexibility index (Phi) is 9.53. The van der Waals surface area contributed by atoms with Gasteiger partial charge in [-0.25, -0.2) is 8.42 Å². The number of aliphatic hydroxyl groups excluding tert-OH is 2. The maximum Gasteiger partial charge on any atom is 0.210 e. The normalized spacial score (nSPS) is 19.4. The fourth-order valence-electron chi connectivity index (χ4n) is 9.39. The van der Waals surface area contributed by atoms with Crippen molar-refractivity contribution >= 4 is 48.5 Å². The molecule has 0 unspecified atom stereocenters. The quantitative estimate of drug-likeness (QED) is 0.147. The highest BCUT2D eigenvalue weighted by Gasteiger charge is 2.46. The van der Waals surface area contributed by atoms with Gasteiger partial charge in [-0.3, -0.25) is 0 Å². The first-order valence-corrected chi connectivity index (χ1v) is 20.8. The smallest absolute Gasteiger partial charge is 0.210 e. The highest BCUT2D eigenvalue weighted by Crippen LogP contribution is 2.51. The van der Waals surface area contributed by atoms with Gasteiger partial charge in [0.25, 0.3) is 0 Å². The van der Waals surface area contributed by atoms with Crippen LogP contribution in [0.4, 0.5) is 11.4 Å². The number of anilines is 1. The van der Waals surface area contributed by atoms with Crippen LogP contribution in [0.1, 0.15) is 58.1 Å². The second kappa shape index (κ2) is 14.2. The average Bonchev–Trinajstić information content (AvgIpc) is 3.54. The molecular weight excluding hydrogens is 701 g/mol. The van der Waals surface area contributed by atoms with E-state index in [4.69, 9.17) is 0 Å². The van der Waals surface area contributed by atoms with Crippen molar-refractivity contribution in [2.75, 3.05) is 31.2 Å². The van der Waals surface area contributed by atoms with Gasteiger partial charge < -0.3 is 15.1 Å². The average molecular weight is 750 g/mol. The molecule has 0 aromatic heterocycles. The molecule has 8 rings (SSSR count). The molecule has 0 amide bonds. The molecule has 5 aromatic carbocycles. The van der Waals surface area contributed by atoms with Crippen molar-refractivity contribution in [2.45, 2.75) is 62.7 Å². The first-order chi connectivity index (χ1) is 26.5. The number of fused-ring (bicyclic) bond motifs is 6.